The number of alkyl halides is 3. The number of para-hydroxylation sites is 1. The Morgan fingerprint density at radius 1 is 1.18 bits per heavy atom. The van der Waals surface area contributed by atoms with Gasteiger partial charge in [-0.2, -0.15) is 13.2 Å². The summed E-state index contributed by atoms with van der Waals surface area (Å²) in [5.41, 5.74) is 0.263. The van der Waals surface area contributed by atoms with Crippen molar-refractivity contribution in [3.8, 4) is 0 Å². The zero-order valence-electron chi connectivity index (χ0n) is 12.4. The van der Waals surface area contributed by atoms with Gasteiger partial charge in [0.1, 0.15) is 5.76 Å². The van der Waals surface area contributed by atoms with Crippen molar-refractivity contribution in [3.63, 3.8) is 0 Å². The number of amides is 1. The Kier molecular flexibility index (Phi) is 4.30. The zero-order valence-corrected chi connectivity index (χ0v) is 12.4. The Morgan fingerprint density at radius 3 is 2.27 bits per heavy atom. The highest BCUT2D eigenvalue weighted by Gasteiger charge is 2.42. The molecule has 0 saturated heterocycles. The van der Waals surface area contributed by atoms with Crippen LogP contribution in [0.5, 0.6) is 0 Å². The molecule has 0 fully saturated rings. The quantitative estimate of drug-likeness (QED) is 0.868. The molecular weight excluding hydrogens is 295 g/mol. The van der Waals surface area contributed by atoms with Crippen molar-refractivity contribution in [2.75, 3.05) is 5.32 Å². The number of nitrogens with one attached hydrogen (secondary N) is 1. The SMILES string of the molecule is Cc1oc(C(F)(F)F)c(C(=O)Nc2ccccc2)c1C(C)C. The lowest BCUT2D eigenvalue weighted by Gasteiger charge is -2.11. The second-order valence-corrected chi connectivity index (χ2v) is 5.25. The molecule has 118 valence electrons. The summed E-state index contributed by atoms with van der Waals surface area (Å²) in [5, 5.41) is 2.48. The second kappa shape index (κ2) is 5.87. The summed E-state index contributed by atoms with van der Waals surface area (Å²) < 4.78 is 44.2. The van der Waals surface area contributed by atoms with E-state index in [0.717, 1.165) is 0 Å². The highest BCUT2D eigenvalue weighted by molar-refractivity contribution is 6.06. The fourth-order valence-corrected chi connectivity index (χ4v) is 2.39. The molecule has 0 unspecified atom stereocenters. The smallest absolute Gasteiger partial charge is 0.450 e. The first kappa shape index (κ1) is 16.1. The van der Waals surface area contributed by atoms with E-state index in [9.17, 15) is 18.0 Å². The number of carbonyl (C=O) groups is 1. The fraction of sp³-hybridized carbons (Fsp3) is 0.312. The standard InChI is InChI=1S/C16H16F3NO2/c1-9(2)12-10(3)22-14(16(17,18)19)13(12)15(21)20-11-7-5-4-6-8-11/h4-9H,1-3H3,(H,20,21). The first-order valence-electron chi connectivity index (χ1n) is 6.78. The number of halogens is 3. The molecule has 0 aliphatic carbocycles. The van der Waals surface area contributed by atoms with Gasteiger partial charge in [-0.1, -0.05) is 32.0 Å². The average Bonchev–Trinajstić information content (AvgIpc) is 2.77. The number of hydrogen-bond acceptors (Lipinski definition) is 2. The van der Waals surface area contributed by atoms with Crippen LogP contribution in [0.25, 0.3) is 0 Å². The van der Waals surface area contributed by atoms with Gasteiger partial charge in [-0.05, 0) is 25.0 Å². The van der Waals surface area contributed by atoms with Crippen LogP contribution in [-0.4, -0.2) is 5.91 Å². The van der Waals surface area contributed by atoms with E-state index < -0.39 is 23.4 Å². The maximum absolute atomic E-state index is 13.1. The highest BCUT2D eigenvalue weighted by atomic mass is 19.4. The summed E-state index contributed by atoms with van der Waals surface area (Å²) in [5.74, 6) is -2.22. The van der Waals surface area contributed by atoms with Gasteiger partial charge in [0.15, 0.2) is 0 Å². The Labute approximate surface area is 126 Å². The van der Waals surface area contributed by atoms with Crippen molar-refractivity contribution in [1.29, 1.82) is 0 Å². The molecule has 0 bridgehead atoms. The average molecular weight is 311 g/mol. The number of rotatable bonds is 3. The van der Waals surface area contributed by atoms with Crippen molar-refractivity contribution < 1.29 is 22.4 Å². The predicted molar refractivity (Wildman–Crippen MR) is 76.9 cm³/mol. The summed E-state index contributed by atoms with van der Waals surface area (Å²) in [6, 6.07) is 8.33. The zero-order chi connectivity index (χ0) is 16.5. The Hall–Kier alpha value is -2.24. The molecule has 0 aliphatic rings. The lowest BCUT2D eigenvalue weighted by molar-refractivity contribution is -0.153. The molecule has 2 rings (SSSR count). The van der Waals surface area contributed by atoms with Crippen molar-refractivity contribution >= 4 is 11.6 Å². The Morgan fingerprint density at radius 2 is 1.77 bits per heavy atom. The van der Waals surface area contributed by atoms with E-state index in [4.69, 9.17) is 4.42 Å². The fourth-order valence-electron chi connectivity index (χ4n) is 2.39. The molecule has 0 spiro atoms. The van der Waals surface area contributed by atoms with Gasteiger partial charge in [-0.15, -0.1) is 0 Å². The third-order valence-corrected chi connectivity index (χ3v) is 3.22. The molecule has 1 N–H and O–H groups in total. The van der Waals surface area contributed by atoms with E-state index >= 15 is 0 Å². The number of anilines is 1. The van der Waals surface area contributed by atoms with Crippen LogP contribution in [0.3, 0.4) is 0 Å². The van der Waals surface area contributed by atoms with Crippen molar-refractivity contribution in [2.45, 2.75) is 32.9 Å². The third-order valence-electron chi connectivity index (χ3n) is 3.22. The Balaban J connectivity index is 2.50. The molecule has 6 heteroatoms. The number of hydrogen-bond donors (Lipinski definition) is 1. The van der Waals surface area contributed by atoms with Gasteiger partial charge in [-0.3, -0.25) is 4.79 Å². The Bertz CT molecular complexity index is 673. The van der Waals surface area contributed by atoms with E-state index in [2.05, 4.69) is 5.32 Å². The molecule has 0 saturated carbocycles. The molecular formula is C16H16F3NO2. The minimum absolute atomic E-state index is 0.112. The molecule has 1 aromatic heterocycles. The van der Waals surface area contributed by atoms with Gasteiger partial charge in [-0.25, -0.2) is 0 Å². The van der Waals surface area contributed by atoms with E-state index in [-0.39, 0.29) is 17.2 Å². The van der Waals surface area contributed by atoms with Gasteiger partial charge >= 0.3 is 6.18 Å². The van der Waals surface area contributed by atoms with Crippen LogP contribution >= 0.6 is 0 Å². The van der Waals surface area contributed by atoms with E-state index in [1.54, 1.807) is 44.2 Å². The maximum Gasteiger partial charge on any atom is 0.450 e. The van der Waals surface area contributed by atoms with Crippen LogP contribution < -0.4 is 5.32 Å². The molecule has 0 atom stereocenters. The van der Waals surface area contributed by atoms with Crippen LogP contribution in [0.15, 0.2) is 34.7 Å². The third kappa shape index (κ3) is 3.16. The van der Waals surface area contributed by atoms with E-state index in [1.165, 1.54) is 6.92 Å². The lowest BCUT2D eigenvalue weighted by atomic mass is 9.97. The molecule has 1 aromatic carbocycles. The van der Waals surface area contributed by atoms with Gasteiger partial charge < -0.3 is 9.73 Å². The van der Waals surface area contributed by atoms with Gasteiger partial charge in [0.25, 0.3) is 5.91 Å². The molecule has 2 aromatic rings. The number of carbonyl (C=O) groups excluding carboxylic acids is 1. The minimum atomic E-state index is -4.72. The molecule has 1 amide bonds. The van der Waals surface area contributed by atoms with Crippen LogP contribution in [0.1, 0.15) is 47.2 Å². The highest BCUT2D eigenvalue weighted by Crippen LogP contribution is 2.39. The molecule has 0 aliphatic heterocycles. The van der Waals surface area contributed by atoms with E-state index in [1.807, 2.05) is 0 Å². The minimum Gasteiger partial charge on any atom is -0.456 e. The largest absolute Gasteiger partial charge is 0.456 e. The normalized spacial score (nSPS) is 11.8. The number of benzene rings is 1. The summed E-state index contributed by atoms with van der Waals surface area (Å²) in [7, 11) is 0. The van der Waals surface area contributed by atoms with Crippen molar-refractivity contribution in [2.24, 2.45) is 0 Å². The first-order chi connectivity index (χ1) is 10.2. The number of aryl methyl sites for hydroxylation is 1. The van der Waals surface area contributed by atoms with Crippen molar-refractivity contribution in [3.05, 3.63) is 53.0 Å². The molecule has 1 heterocycles. The number of furan rings is 1. The monoisotopic (exact) mass is 311 g/mol. The summed E-state index contributed by atoms with van der Waals surface area (Å²) in [6.07, 6.45) is -4.72. The van der Waals surface area contributed by atoms with Gasteiger partial charge in [0.05, 0.1) is 5.56 Å². The van der Waals surface area contributed by atoms with Crippen LogP contribution in [0, 0.1) is 6.92 Å². The molecule has 3 nitrogen and oxygen atoms in total. The summed E-state index contributed by atoms with van der Waals surface area (Å²) >= 11 is 0. The maximum atomic E-state index is 13.1. The summed E-state index contributed by atoms with van der Waals surface area (Å²) in [6.45, 7) is 4.87. The van der Waals surface area contributed by atoms with E-state index in [0.29, 0.717) is 5.69 Å². The van der Waals surface area contributed by atoms with Crippen molar-refractivity contribution in [1.82, 2.24) is 0 Å². The van der Waals surface area contributed by atoms with Crippen LogP contribution in [-0.2, 0) is 6.18 Å². The van der Waals surface area contributed by atoms with Gasteiger partial charge in [0, 0.05) is 11.3 Å². The predicted octanol–water partition coefficient (Wildman–Crippen LogP) is 4.98. The topological polar surface area (TPSA) is 42.2 Å². The molecule has 22 heavy (non-hydrogen) atoms. The molecule has 0 radical (unpaired) electrons. The van der Waals surface area contributed by atoms with Crippen LogP contribution in [0.4, 0.5) is 18.9 Å². The lowest BCUT2D eigenvalue weighted by Crippen LogP contribution is -2.19. The van der Waals surface area contributed by atoms with Crippen LogP contribution in [0.2, 0.25) is 0 Å². The summed E-state index contributed by atoms with van der Waals surface area (Å²) in [4.78, 5) is 12.3. The van der Waals surface area contributed by atoms with Gasteiger partial charge in [0.2, 0.25) is 5.76 Å². The first-order valence-corrected chi connectivity index (χ1v) is 6.78. The second-order valence-electron chi connectivity index (χ2n) is 5.25.